The summed E-state index contributed by atoms with van der Waals surface area (Å²) >= 11 is 0. The van der Waals surface area contributed by atoms with Gasteiger partial charge in [-0.1, -0.05) is 30.3 Å². The molecular formula is C13H17N3. The molecule has 1 aromatic carbocycles. The molecule has 0 unspecified atom stereocenters. The maximum absolute atomic E-state index is 4.26. The predicted octanol–water partition coefficient (Wildman–Crippen LogP) is 2.46. The van der Waals surface area contributed by atoms with E-state index in [4.69, 9.17) is 0 Å². The Morgan fingerprint density at radius 1 is 1.19 bits per heavy atom. The van der Waals surface area contributed by atoms with Crippen molar-refractivity contribution in [3.8, 4) is 0 Å². The van der Waals surface area contributed by atoms with Crippen molar-refractivity contribution in [2.45, 2.75) is 12.8 Å². The van der Waals surface area contributed by atoms with Gasteiger partial charge in [0.2, 0.25) is 0 Å². The molecule has 2 aromatic rings. The minimum atomic E-state index is 0.954. The molecule has 1 aromatic heterocycles. The molecular weight excluding hydrogens is 198 g/mol. The molecule has 3 nitrogen and oxygen atoms in total. The summed E-state index contributed by atoms with van der Waals surface area (Å²) < 4.78 is 1.81. The smallest absolute Gasteiger partial charge is 0.147 e. The third-order valence-electron chi connectivity index (χ3n) is 2.50. The minimum Gasteiger partial charge on any atom is -0.369 e. The van der Waals surface area contributed by atoms with Gasteiger partial charge in [-0.05, 0) is 18.4 Å². The van der Waals surface area contributed by atoms with Crippen LogP contribution in [0.25, 0.3) is 0 Å². The van der Waals surface area contributed by atoms with Crippen LogP contribution in [0.3, 0.4) is 0 Å². The van der Waals surface area contributed by atoms with Crippen LogP contribution >= 0.6 is 0 Å². The monoisotopic (exact) mass is 215 g/mol. The van der Waals surface area contributed by atoms with Crippen molar-refractivity contribution in [2.75, 3.05) is 11.9 Å². The molecule has 0 saturated carbocycles. The fraction of sp³-hybridized carbons (Fsp3) is 0.308. The second kappa shape index (κ2) is 5.35. The Hall–Kier alpha value is -1.77. The van der Waals surface area contributed by atoms with Crippen molar-refractivity contribution in [1.82, 2.24) is 9.78 Å². The fourth-order valence-corrected chi connectivity index (χ4v) is 1.66. The maximum Gasteiger partial charge on any atom is 0.147 e. The van der Waals surface area contributed by atoms with Gasteiger partial charge >= 0.3 is 0 Å². The molecule has 0 aliphatic heterocycles. The lowest BCUT2D eigenvalue weighted by atomic mass is 10.1. The summed E-state index contributed by atoms with van der Waals surface area (Å²) in [4.78, 5) is 0. The first-order valence-electron chi connectivity index (χ1n) is 5.62. The van der Waals surface area contributed by atoms with Crippen molar-refractivity contribution >= 4 is 5.82 Å². The Labute approximate surface area is 96.1 Å². The van der Waals surface area contributed by atoms with Gasteiger partial charge in [0.25, 0.3) is 0 Å². The highest BCUT2D eigenvalue weighted by Crippen LogP contribution is 2.04. The molecule has 0 saturated heterocycles. The Kier molecular flexibility index (Phi) is 3.59. The lowest BCUT2D eigenvalue weighted by Gasteiger charge is -2.03. The van der Waals surface area contributed by atoms with Gasteiger partial charge in [-0.25, -0.2) is 0 Å². The van der Waals surface area contributed by atoms with E-state index in [1.807, 2.05) is 19.3 Å². The zero-order chi connectivity index (χ0) is 11.2. The standard InChI is InChI=1S/C13H17N3/c1-16-11-9-13(15-16)14-10-5-8-12-6-3-2-4-7-12/h2-4,6-7,9,11H,5,8,10H2,1H3,(H,14,15). The molecule has 0 radical (unpaired) electrons. The largest absolute Gasteiger partial charge is 0.369 e. The van der Waals surface area contributed by atoms with E-state index in [-0.39, 0.29) is 0 Å². The number of hydrogen-bond donors (Lipinski definition) is 1. The number of aryl methyl sites for hydroxylation is 2. The van der Waals surface area contributed by atoms with Crippen molar-refractivity contribution in [1.29, 1.82) is 0 Å². The second-order valence-corrected chi connectivity index (χ2v) is 3.89. The Morgan fingerprint density at radius 2 is 2.00 bits per heavy atom. The molecule has 2 rings (SSSR count). The average Bonchev–Trinajstić information content (AvgIpc) is 2.72. The van der Waals surface area contributed by atoms with Crippen LogP contribution in [0.4, 0.5) is 5.82 Å². The molecule has 0 spiro atoms. The third-order valence-corrected chi connectivity index (χ3v) is 2.50. The summed E-state index contributed by atoms with van der Waals surface area (Å²) in [5.41, 5.74) is 1.39. The number of rotatable bonds is 5. The molecule has 0 amide bonds. The van der Waals surface area contributed by atoms with E-state index in [0.717, 1.165) is 25.2 Å². The van der Waals surface area contributed by atoms with E-state index in [0.29, 0.717) is 0 Å². The highest BCUT2D eigenvalue weighted by molar-refractivity contribution is 5.31. The molecule has 0 fully saturated rings. The van der Waals surface area contributed by atoms with Crippen molar-refractivity contribution in [3.05, 3.63) is 48.2 Å². The van der Waals surface area contributed by atoms with Crippen LogP contribution < -0.4 is 5.32 Å². The number of nitrogens with one attached hydrogen (secondary N) is 1. The molecule has 0 atom stereocenters. The molecule has 0 aliphatic carbocycles. The molecule has 0 bridgehead atoms. The van der Waals surface area contributed by atoms with Crippen LogP contribution in [0, 0.1) is 0 Å². The topological polar surface area (TPSA) is 29.9 Å². The maximum atomic E-state index is 4.26. The number of benzene rings is 1. The highest BCUT2D eigenvalue weighted by atomic mass is 15.3. The Bertz CT molecular complexity index is 420. The Morgan fingerprint density at radius 3 is 2.69 bits per heavy atom. The van der Waals surface area contributed by atoms with Crippen molar-refractivity contribution in [2.24, 2.45) is 7.05 Å². The van der Waals surface area contributed by atoms with E-state index >= 15 is 0 Å². The van der Waals surface area contributed by atoms with Gasteiger partial charge in [-0.3, -0.25) is 4.68 Å². The lowest BCUT2D eigenvalue weighted by Crippen LogP contribution is -2.04. The van der Waals surface area contributed by atoms with E-state index < -0.39 is 0 Å². The van der Waals surface area contributed by atoms with Gasteiger partial charge in [-0.15, -0.1) is 0 Å². The predicted molar refractivity (Wildman–Crippen MR) is 66.5 cm³/mol. The molecule has 84 valence electrons. The summed E-state index contributed by atoms with van der Waals surface area (Å²) in [6.07, 6.45) is 4.18. The first kappa shape index (κ1) is 10.7. The summed E-state index contributed by atoms with van der Waals surface area (Å²) in [7, 11) is 1.93. The fourth-order valence-electron chi connectivity index (χ4n) is 1.66. The summed E-state index contributed by atoms with van der Waals surface area (Å²) in [6, 6.07) is 12.5. The van der Waals surface area contributed by atoms with Gasteiger partial charge in [0.1, 0.15) is 5.82 Å². The number of anilines is 1. The van der Waals surface area contributed by atoms with Gasteiger partial charge in [0, 0.05) is 25.9 Å². The summed E-state index contributed by atoms with van der Waals surface area (Å²) in [6.45, 7) is 0.964. The van der Waals surface area contributed by atoms with Crippen LogP contribution in [-0.2, 0) is 13.5 Å². The summed E-state index contributed by atoms with van der Waals surface area (Å²) in [5.74, 6) is 0.954. The zero-order valence-electron chi connectivity index (χ0n) is 9.56. The van der Waals surface area contributed by atoms with Crippen LogP contribution in [0.1, 0.15) is 12.0 Å². The SMILES string of the molecule is Cn1ccc(NCCCc2ccccc2)n1. The highest BCUT2D eigenvalue weighted by Gasteiger charge is 1.95. The average molecular weight is 215 g/mol. The normalized spacial score (nSPS) is 10.3. The first-order chi connectivity index (χ1) is 7.84. The van der Waals surface area contributed by atoms with Gasteiger partial charge in [-0.2, -0.15) is 5.10 Å². The van der Waals surface area contributed by atoms with E-state index in [2.05, 4.69) is 40.7 Å². The van der Waals surface area contributed by atoms with Crippen LogP contribution in [0.2, 0.25) is 0 Å². The van der Waals surface area contributed by atoms with Crippen LogP contribution in [-0.4, -0.2) is 16.3 Å². The van der Waals surface area contributed by atoms with Crippen LogP contribution in [0.15, 0.2) is 42.6 Å². The van der Waals surface area contributed by atoms with Gasteiger partial charge in [0.15, 0.2) is 0 Å². The molecule has 3 heteroatoms. The van der Waals surface area contributed by atoms with E-state index in [9.17, 15) is 0 Å². The summed E-state index contributed by atoms with van der Waals surface area (Å²) in [5, 5.41) is 7.56. The Balaban J connectivity index is 1.69. The molecule has 1 heterocycles. The van der Waals surface area contributed by atoms with Crippen molar-refractivity contribution < 1.29 is 0 Å². The lowest BCUT2D eigenvalue weighted by molar-refractivity contribution is 0.764. The van der Waals surface area contributed by atoms with Gasteiger partial charge in [0.05, 0.1) is 0 Å². The number of nitrogens with zero attached hydrogens (tertiary/aromatic N) is 2. The second-order valence-electron chi connectivity index (χ2n) is 3.89. The van der Waals surface area contributed by atoms with Crippen LogP contribution in [0.5, 0.6) is 0 Å². The molecule has 16 heavy (non-hydrogen) atoms. The quantitative estimate of drug-likeness (QED) is 0.776. The number of hydrogen-bond acceptors (Lipinski definition) is 2. The van der Waals surface area contributed by atoms with E-state index in [1.54, 1.807) is 4.68 Å². The van der Waals surface area contributed by atoms with Crippen molar-refractivity contribution in [3.63, 3.8) is 0 Å². The number of aromatic nitrogens is 2. The first-order valence-corrected chi connectivity index (χ1v) is 5.62. The molecule has 0 aliphatic rings. The zero-order valence-corrected chi connectivity index (χ0v) is 9.56. The van der Waals surface area contributed by atoms with Gasteiger partial charge < -0.3 is 5.32 Å². The minimum absolute atomic E-state index is 0.954. The molecule has 1 N–H and O–H groups in total. The third kappa shape index (κ3) is 3.12. The van der Waals surface area contributed by atoms with E-state index in [1.165, 1.54) is 5.56 Å².